The number of anilines is 1. The van der Waals surface area contributed by atoms with Crippen LogP contribution >= 0.6 is 0 Å². The minimum absolute atomic E-state index is 0.246. The monoisotopic (exact) mass is 305 g/mol. The van der Waals surface area contributed by atoms with Crippen molar-refractivity contribution in [2.24, 2.45) is 5.73 Å². The van der Waals surface area contributed by atoms with Crippen molar-refractivity contribution >= 4 is 11.8 Å². The lowest BCUT2D eigenvalue weighted by Gasteiger charge is -2.25. The number of alkyl carbamates (subject to hydrolysis) is 1. The van der Waals surface area contributed by atoms with Crippen molar-refractivity contribution in [2.75, 3.05) is 24.5 Å². The third-order valence-corrected chi connectivity index (χ3v) is 3.65. The molecule has 1 aliphatic heterocycles. The third kappa shape index (κ3) is 4.63. The number of nitrogens with zero attached hydrogens (tertiary/aromatic N) is 1. The molecule has 0 radical (unpaired) electrons. The number of nitrogens with two attached hydrogens (primary N) is 1. The summed E-state index contributed by atoms with van der Waals surface area (Å²) in [5.74, 6) is 0. The number of rotatable bonds is 4. The summed E-state index contributed by atoms with van der Waals surface area (Å²) in [6.45, 7) is 8.03. The van der Waals surface area contributed by atoms with Crippen LogP contribution in [0.5, 0.6) is 0 Å². The van der Waals surface area contributed by atoms with Crippen LogP contribution in [0.1, 0.15) is 45.2 Å². The molecule has 3 N–H and O–H groups in total. The molecule has 1 saturated heterocycles. The molecule has 1 atom stereocenters. The molecule has 0 bridgehead atoms. The van der Waals surface area contributed by atoms with Crippen LogP contribution in [0.25, 0.3) is 0 Å². The van der Waals surface area contributed by atoms with E-state index in [-0.39, 0.29) is 6.04 Å². The van der Waals surface area contributed by atoms with E-state index in [1.54, 1.807) is 0 Å². The number of hydrogen-bond acceptors (Lipinski definition) is 4. The molecule has 22 heavy (non-hydrogen) atoms. The molecule has 1 heterocycles. The van der Waals surface area contributed by atoms with Crippen LogP contribution in [0.4, 0.5) is 10.5 Å². The van der Waals surface area contributed by atoms with Crippen molar-refractivity contribution in [3.63, 3.8) is 0 Å². The first-order chi connectivity index (χ1) is 10.4. The van der Waals surface area contributed by atoms with E-state index in [2.05, 4.69) is 16.3 Å². The summed E-state index contributed by atoms with van der Waals surface area (Å²) in [7, 11) is 0. The van der Waals surface area contributed by atoms with Gasteiger partial charge in [0.25, 0.3) is 0 Å². The zero-order valence-electron chi connectivity index (χ0n) is 13.8. The first-order valence-electron chi connectivity index (χ1n) is 7.93. The van der Waals surface area contributed by atoms with E-state index in [0.717, 1.165) is 18.7 Å². The number of amides is 1. The van der Waals surface area contributed by atoms with E-state index >= 15 is 0 Å². The number of nitrogens with one attached hydrogen (secondary N) is 1. The van der Waals surface area contributed by atoms with E-state index in [0.29, 0.717) is 6.54 Å². The topological polar surface area (TPSA) is 67.6 Å². The maximum absolute atomic E-state index is 11.7. The van der Waals surface area contributed by atoms with Crippen molar-refractivity contribution in [1.82, 2.24) is 5.32 Å². The van der Waals surface area contributed by atoms with Crippen molar-refractivity contribution in [2.45, 2.75) is 45.3 Å². The van der Waals surface area contributed by atoms with Crippen molar-refractivity contribution in [1.29, 1.82) is 0 Å². The maximum Gasteiger partial charge on any atom is 0.407 e. The Labute approximate surface area is 132 Å². The molecule has 0 aliphatic carbocycles. The first-order valence-corrected chi connectivity index (χ1v) is 7.93. The predicted octanol–water partition coefficient (Wildman–Crippen LogP) is 2.81. The second kappa shape index (κ2) is 7.01. The van der Waals surface area contributed by atoms with Gasteiger partial charge in [-0.15, -0.1) is 0 Å². The van der Waals surface area contributed by atoms with Crippen molar-refractivity contribution in [3.05, 3.63) is 29.8 Å². The molecule has 1 amide bonds. The van der Waals surface area contributed by atoms with E-state index < -0.39 is 11.7 Å². The summed E-state index contributed by atoms with van der Waals surface area (Å²) < 4.78 is 5.24. The third-order valence-electron chi connectivity index (χ3n) is 3.65. The summed E-state index contributed by atoms with van der Waals surface area (Å²) in [6.07, 6.45) is 2.01. The molecular formula is C17H27N3O2. The highest BCUT2D eigenvalue weighted by atomic mass is 16.6. The highest BCUT2D eigenvalue weighted by molar-refractivity contribution is 5.68. The lowest BCUT2D eigenvalue weighted by atomic mass is 10.0. The Bertz CT molecular complexity index is 505. The fourth-order valence-corrected chi connectivity index (χ4v) is 2.66. The van der Waals surface area contributed by atoms with Crippen LogP contribution in [0.15, 0.2) is 24.3 Å². The highest BCUT2D eigenvalue weighted by Gasteiger charge is 2.20. The summed E-state index contributed by atoms with van der Waals surface area (Å²) >= 11 is 0. The molecular weight excluding hydrogens is 278 g/mol. The smallest absolute Gasteiger partial charge is 0.407 e. The molecule has 0 spiro atoms. The van der Waals surface area contributed by atoms with Gasteiger partial charge in [0.15, 0.2) is 0 Å². The summed E-state index contributed by atoms with van der Waals surface area (Å²) in [6, 6.07) is 7.92. The minimum Gasteiger partial charge on any atom is -0.444 e. The molecule has 0 saturated carbocycles. The molecule has 1 unspecified atom stereocenters. The highest BCUT2D eigenvalue weighted by Crippen LogP contribution is 2.27. The summed E-state index contributed by atoms with van der Waals surface area (Å²) in [5.41, 5.74) is 8.03. The number of carbonyl (C=O) groups is 1. The Morgan fingerprint density at radius 3 is 2.59 bits per heavy atom. The SMILES string of the molecule is CC(C)(C)OC(=O)NCC(N)c1ccccc1N1CCCC1. The van der Waals surface area contributed by atoms with Gasteiger partial charge in [-0.2, -0.15) is 0 Å². The number of carbonyl (C=O) groups excluding carboxylic acids is 1. The molecule has 1 aliphatic rings. The van der Waals surface area contributed by atoms with Crippen molar-refractivity contribution < 1.29 is 9.53 Å². The Morgan fingerprint density at radius 2 is 1.95 bits per heavy atom. The zero-order chi connectivity index (χ0) is 16.2. The quantitative estimate of drug-likeness (QED) is 0.897. The summed E-state index contributed by atoms with van der Waals surface area (Å²) in [4.78, 5) is 14.1. The normalized spacial score (nSPS) is 16.5. The molecule has 1 fully saturated rings. The van der Waals surface area contributed by atoms with E-state index in [1.807, 2.05) is 39.0 Å². The Kier molecular flexibility index (Phi) is 5.29. The van der Waals surface area contributed by atoms with E-state index in [1.165, 1.54) is 18.5 Å². The van der Waals surface area contributed by atoms with Gasteiger partial charge in [0.05, 0.1) is 0 Å². The first kappa shape index (κ1) is 16.6. The van der Waals surface area contributed by atoms with Gasteiger partial charge in [0.1, 0.15) is 5.60 Å². The maximum atomic E-state index is 11.7. The summed E-state index contributed by atoms with van der Waals surface area (Å²) in [5, 5.41) is 2.75. The molecule has 2 rings (SSSR count). The van der Waals surface area contributed by atoms with Crippen LogP contribution < -0.4 is 16.0 Å². The Hall–Kier alpha value is -1.75. The van der Waals surface area contributed by atoms with Gasteiger partial charge in [0.2, 0.25) is 0 Å². The van der Waals surface area contributed by atoms with E-state index in [4.69, 9.17) is 10.5 Å². The largest absolute Gasteiger partial charge is 0.444 e. The van der Waals surface area contributed by atoms with Crippen molar-refractivity contribution in [3.8, 4) is 0 Å². The lowest BCUT2D eigenvalue weighted by molar-refractivity contribution is 0.0524. The standard InChI is InChI=1S/C17H27N3O2/c1-17(2,3)22-16(21)19-12-14(18)13-8-4-5-9-15(13)20-10-6-7-11-20/h4-5,8-9,14H,6-7,10-12,18H2,1-3H3,(H,19,21). The lowest BCUT2D eigenvalue weighted by Crippen LogP contribution is -2.37. The van der Waals surface area contributed by atoms with Gasteiger partial charge < -0.3 is 20.7 Å². The predicted molar refractivity (Wildman–Crippen MR) is 89.1 cm³/mol. The van der Waals surface area contributed by atoms with Gasteiger partial charge >= 0.3 is 6.09 Å². The second-order valence-corrected chi connectivity index (χ2v) is 6.74. The number of hydrogen-bond donors (Lipinski definition) is 2. The van der Waals surface area contributed by atoms with Crippen LogP contribution in [0, 0.1) is 0 Å². The average Bonchev–Trinajstić information content (AvgIpc) is 2.97. The fraction of sp³-hybridized carbons (Fsp3) is 0.588. The van der Waals surface area contributed by atoms with Crippen LogP contribution in [-0.2, 0) is 4.74 Å². The zero-order valence-corrected chi connectivity index (χ0v) is 13.8. The molecule has 5 heteroatoms. The number of benzene rings is 1. The molecule has 122 valence electrons. The van der Waals surface area contributed by atoms with Gasteiger partial charge in [-0.1, -0.05) is 18.2 Å². The Morgan fingerprint density at radius 1 is 1.32 bits per heavy atom. The van der Waals surface area contributed by atoms with Crippen LogP contribution in [0.3, 0.4) is 0 Å². The van der Waals surface area contributed by atoms with Gasteiger partial charge in [-0.3, -0.25) is 0 Å². The molecule has 1 aromatic carbocycles. The van der Waals surface area contributed by atoms with Crippen LogP contribution in [0.2, 0.25) is 0 Å². The van der Waals surface area contributed by atoms with Gasteiger partial charge in [0, 0.05) is 31.4 Å². The molecule has 5 nitrogen and oxygen atoms in total. The average molecular weight is 305 g/mol. The van der Waals surface area contributed by atoms with Crippen LogP contribution in [-0.4, -0.2) is 31.3 Å². The Balaban J connectivity index is 1.98. The van der Waals surface area contributed by atoms with Gasteiger partial charge in [-0.05, 0) is 45.2 Å². The van der Waals surface area contributed by atoms with Gasteiger partial charge in [-0.25, -0.2) is 4.79 Å². The fourth-order valence-electron chi connectivity index (χ4n) is 2.66. The molecule has 1 aromatic rings. The number of para-hydroxylation sites is 1. The minimum atomic E-state index is -0.498. The number of ether oxygens (including phenoxy) is 1. The second-order valence-electron chi connectivity index (χ2n) is 6.74. The van der Waals surface area contributed by atoms with E-state index in [9.17, 15) is 4.79 Å². The molecule has 0 aromatic heterocycles.